The fraction of sp³-hybridized carbons (Fsp3) is 0.364. The van der Waals surface area contributed by atoms with Crippen molar-refractivity contribution in [3.05, 3.63) is 35.0 Å². The number of aliphatic hydroxyl groups is 1. The summed E-state index contributed by atoms with van der Waals surface area (Å²) in [4.78, 5) is 0. The lowest BCUT2D eigenvalue weighted by Gasteiger charge is -2.03. The Morgan fingerprint density at radius 1 is 1.53 bits per heavy atom. The van der Waals surface area contributed by atoms with Crippen LogP contribution >= 0.6 is 11.3 Å². The molecular formula is C11H15N3O3S2. The monoisotopic (exact) mass is 301 g/mol. The van der Waals surface area contributed by atoms with E-state index >= 15 is 0 Å². The molecular weight excluding hydrogens is 286 g/mol. The summed E-state index contributed by atoms with van der Waals surface area (Å²) in [6, 6.07) is 3.33. The number of aliphatic hydroxyl groups excluding tert-OH is 1. The molecule has 2 rings (SSSR count). The van der Waals surface area contributed by atoms with Gasteiger partial charge in [-0.3, -0.25) is 4.68 Å². The number of nitrogens with one attached hydrogen (secondary N) is 1. The standard InChI is InChI=1S/C11H15N3O3S2/c1-14-5-3-10(13-14)2-4-12-19(16,17)11-6-9(7-15)8-18-11/h3,5-6,8,12,15H,2,4,7H2,1H3. The number of rotatable bonds is 6. The van der Waals surface area contributed by atoms with Crippen LogP contribution in [-0.2, 0) is 30.1 Å². The Balaban J connectivity index is 1.94. The summed E-state index contributed by atoms with van der Waals surface area (Å²) in [5, 5.41) is 14.7. The molecule has 0 saturated heterocycles. The Labute approximate surface area is 115 Å². The van der Waals surface area contributed by atoms with Crippen molar-refractivity contribution in [3.8, 4) is 0 Å². The number of thiophene rings is 1. The first-order valence-electron chi connectivity index (χ1n) is 5.68. The van der Waals surface area contributed by atoms with Gasteiger partial charge in [0, 0.05) is 26.2 Å². The van der Waals surface area contributed by atoms with E-state index in [1.54, 1.807) is 10.1 Å². The van der Waals surface area contributed by atoms with Crippen LogP contribution in [0.1, 0.15) is 11.3 Å². The van der Waals surface area contributed by atoms with Gasteiger partial charge in [0.1, 0.15) is 4.21 Å². The van der Waals surface area contributed by atoms with Gasteiger partial charge in [-0.05, 0) is 23.1 Å². The molecule has 0 aliphatic heterocycles. The lowest BCUT2D eigenvalue weighted by atomic mass is 10.3. The first kappa shape index (κ1) is 14.2. The van der Waals surface area contributed by atoms with Crippen molar-refractivity contribution < 1.29 is 13.5 Å². The fourth-order valence-electron chi connectivity index (χ4n) is 1.56. The molecule has 2 heterocycles. The molecule has 0 bridgehead atoms. The third-order valence-electron chi connectivity index (χ3n) is 2.52. The highest BCUT2D eigenvalue weighted by molar-refractivity contribution is 7.91. The van der Waals surface area contributed by atoms with Gasteiger partial charge in [-0.25, -0.2) is 13.1 Å². The molecule has 0 aliphatic carbocycles. The SMILES string of the molecule is Cn1ccc(CCNS(=O)(=O)c2cc(CO)cs2)n1. The van der Waals surface area contributed by atoms with Gasteiger partial charge in [0.2, 0.25) is 10.0 Å². The molecule has 0 spiro atoms. The maximum atomic E-state index is 11.9. The number of hydrogen-bond donors (Lipinski definition) is 2. The third-order valence-corrected chi connectivity index (χ3v) is 5.47. The minimum atomic E-state index is -3.49. The topological polar surface area (TPSA) is 84.2 Å². The Bertz CT molecular complexity index is 646. The zero-order valence-corrected chi connectivity index (χ0v) is 12.0. The van der Waals surface area contributed by atoms with Crippen molar-refractivity contribution in [3.63, 3.8) is 0 Å². The summed E-state index contributed by atoms with van der Waals surface area (Å²) < 4.78 is 28.3. The van der Waals surface area contributed by atoms with E-state index < -0.39 is 10.0 Å². The largest absolute Gasteiger partial charge is 0.392 e. The van der Waals surface area contributed by atoms with E-state index in [9.17, 15) is 8.42 Å². The lowest BCUT2D eigenvalue weighted by Crippen LogP contribution is -2.25. The van der Waals surface area contributed by atoms with Crippen molar-refractivity contribution in [2.45, 2.75) is 17.2 Å². The van der Waals surface area contributed by atoms with Gasteiger partial charge in [0.25, 0.3) is 0 Å². The third kappa shape index (κ3) is 3.63. The molecule has 0 fully saturated rings. The van der Waals surface area contributed by atoms with Gasteiger partial charge in [0.15, 0.2) is 0 Å². The first-order chi connectivity index (χ1) is 9.01. The number of hydrogen-bond acceptors (Lipinski definition) is 5. The maximum Gasteiger partial charge on any atom is 0.250 e. The van der Waals surface area contributed by atoms with Crippen LogP contribution in [0.15, 0.2) is 27.9 Å². The second kappa shape index (κ2) is 5.83. The molecule has 0 unspecified atom stereocenters. The summed E-state index contributed by atoms with van der Waals surface area (Å²) in [6.07, 6.45) is 2.36. The van der Waals surface area contributed by atoms with Crippen LogP contribution < -0.4 is 4.72 Å². The molecule has 0 atom stereocenters. The van der Waals surface area contributed by atoms with E-state index in [0.717, 1.165) is 17.0 Å². The Kier molecular flexibility index (Phi) is 4.35. The fourth-order valence-corrected chi connectivity index (χ4v) is 3.84. The average molecular weight is 301 g/mol. The van der Waals surface area contributed by atoms with E-state index in [1.165, 1.54) is 6.07 Å². The van der Waals surface area contributed by atoms with Gasteiger partial charge >= 0.3 is 0 Å². The highest BCUT2D eigenvalue weighted by Crippen LogP contribution is 2.19. The quantitative estimate of drug-likeness (QED) is 0.813. The van der Waals surface area contributed by atoms with Crippen molar-refractivity contribution in [2.75, 3.05) is 6.54 Å². The molecule has 0 amide bonds. The summed E-state index contributed by atoms with van der Waals surface area (Å²) in [5.41, 5.74) is 1.45. The van der Waals surface area contributed by atoms with E-state index in [-0.39, 0.29) is 10.8 Å². The highest BCUT2D eigenvalue weighted by Gasteiger charge is 2.16. The van der Waals surface area contributed by atoms with Crippen LogP contribution in [-0.4, -0.2) is 29.8 Å². The Morgan fingerprint density at radius 3 is 2.89 bits per heavy atom. The smallest absolute Gasteiger partial charge is 0.250 e. The second-order valence-electron chi connectivity index (χ2n) is 4.06. The van der Waals surface area contributed by atoms with Gasteiger partial charge in [-0.15, -0.1) is 11.3 Å². The molecule has 104 valence electrons. The second-order valence-corrected chi connectivity index (χ2v) is 6.97. The number of aromatic nitrogens is 2. The summed E-state index contributed by atoms with van der Waals surface area (Å²) in [5.74, 6) is 0. The van der Waals surface area contributed by atoms with E-state index in [1.807, 2.05) is 19.3 Å². The predicted molar refractivity (Wildman–Crippen MR) is 72.3 cm³/mol. The number of aryl methyl sites for hydroxylation is 1. The minimum Gasteiger partial charge on any atom is -0.392 e. The summed E-state index contributed by atoms with van der Waals surface area (Å²) in [7, 11) is -1.67. The van der Waals surface area contributed by atoms with E-state index in [4.69, 9.17) is 5.11 Å². The van der Waals surface area contributed by atoms with Crippen molar-refractivity contribution in [2.24, 2.45) is 7.05 Å². The first-order valence-corrected chi connectivity index (χ1v) is 8.04. The van der Waals surface area contributed by atoms with Crippen LogP contribution in [0.5, 0.6) is 0 Å². The zero-order chi connectivity index (χ0) is 13.9. The molecule has 0 saturated carbocycles. The van der Waals surface area contributed by atoms with Crippen LogP contribution in [0.4, 0.5) is 0 Å². The van der Waals surface area contributed by atoms with Gasteiger partial charge < -0.3 is 5.11 Å². The maximum absolute atomic E-state index is 11.9. The van der Waals surface area contributed by atoms with Crippen LogP contribution in [0, 0.1) is 0 Å². The zero-order valence-electron chi connectivity index (χ0n) is 10.4. The number of nitrogens with zero attached hydrogens (tertiary/aromatic N) is 2. The summed E-state index contributed by atoms with van der Waals surface area (Å²) in [6.45, 7) is 0.145. The van der Waals surface area contributed by atoms with Gasteiger partial charge in [0.05, 0.1) is 12.3 Å². The van der Waals surface area contributed by atoms with Gasteiger partial charge in [-0.2, -0.15) is 5.10 Å². The van der Waals surface area contributed by atoms with Crippen molar-refractivity contribution >= 4 is 21.4 Å². The predicted octanol–water partition coefficient (Wildman–Crippen LogP) is 0.495. The highest BCUT2D eigenvalue weighted by atomic mass is 32.2. The lowest BCUT2D eigenvalue weighted by molar-refractivity contribution is 0.282. The van der Waals surface area contributed by atoms with Gasteiger partial charge in [-0.1, -0.05) is 0 Å². The molecule has 19 heavy (non-hydrogen) atoms. The molecule has 2 aromatic heterocycles. The molecule has 8 heteroatoms. The van der Waals surface area contributed by atoms with E-state index in [2.05, 4.69) is 9.82 Å². The Morgan fingerprint density at radius 2 is 2.32 bits per heavy atom. The van der Waals surface area contributed by atoms with Crippen molar-refractivity contribution in [1.29, 1.82) is 0 Å². The van der Waals surface area contributed by atoms with Crippen LogP contribution in [0.3, 0.4) is 0 Å². The summed E-state index contributed by atoms with van der Waals surface area (Å²) >= 11 is 1.10. The van der Waals surface area contributed by atoms with Crippen LogP contribution in [0.2, 0.25) is 0 Å². The average Bonchev–Trinajstić information content (AvgIpc) is 2.98. The molecule has 0 aromatic carbocycles. The molecule has 2 aromatic rings. The molecule has 6 nitrogen and oxygen atoms in total. The molecule has 2 N–H and O–H groups in total. The molecule has 0 radical (unpaired) electrons. The normalized spacial score (nSPS) is 11.9. The van der Waals surface area contributed by atoms with E-state index in [0.29, 0.717) is 18.5 Å². The minimum absolute atomic E-state index is 0.153. The van der Waals surface area contributed by atoms with Crippen LogP contribution in [0.25, 0.3) is 0 Å². The number of sulfonamides is 1. The van der Waals surface area contributed by atoms with Crippen molar-refractivity contribution in [1.82, 2.24) is 14.5 Å². The Hall–Kier alpha value is -1.22. The molecule has 0 aliphatic rings.